The van der Waals surface area contributed by atoms with Gasteiger partial charge in [-0.05, 0) is 24.5 Å². The van der Waals surface area contributed by atoms with Crippen molar-refractivity contribution in [3.63, 3.8) is 0 Å². The fourth-order valence-corrected chi connectivity index (χ4v) is 3.45. The van der Waals surface area contributed by atoms with Crippen molar-refractivity contribution in [1.82, 2.24) is 0 Å². The molecule has 0 unspecified atom stereocenters. The molecule has 0 radical (unpaired) electrons. The first kappa shape index (κ1) is 22.3. The van der Waals surface area contributed by atoms with Crippen molar-refractivity contribution in [2.75, 3.05) is 0 Å². The predicted octanol–water partition coefficient (Wildman–Crippen LogP) is 6.43. The van der Waals surface area contributed by atoms with Crippen LogP contribution in [0.1, 0.15) is 106 Å². The Labute approximate surface area is 158 Å². The van der Waals surface area contributed by atoms with E-state index >= 15 is 0 Å². The largest absolute Gasteiger partial charge is 0.508 e. The number of phenols is 2. The summed E-state index contributed by atoms with van der Waals surface area (Å²) >= 11 is 0. The van der Waals surface area contributed by atoms with Crippen LogP contribution in [0, 0.1) is 0 Å². The van der Waals surface area contributed by atoms with E-state index in [2.05, 4.69) is 6.92 Å². The van der Waals surface area contributed by atoms with Gasteiger partial charge in [-0.25, -0.2) is 4.79 Å². The monoisotopic (exact) mass is 364 g/mol. The third-order valence-corrected chi connectivity index (χ3v) is 4.95. The van der Waals surface area contributed by atoms with E-state index < -0.39 is 5.97 Å². The quantitative estimate of drug-likeness (QED) is 0.313. The molecule has 0 aliphatic heterocycles. The number of rotatable bonds is 15. The standard InChI is InChI=1S/C22H36O4/c1-2-3-4-5-6-7-8-9-10-11-12-13-14-15-18-16-19(23)17-20(24)21(18)22(25)26/h16-17,23-24H,2-15H2,1H3,(H,25,26). The van der Waals surface area contributed by atoms with E-state index in [0.717, 1.165) is 25.3 Å². The molecule has 0 aliphatic rings. The zero-order chi connectivity index (χ0) is 19.2. The number of unbranched alkanes of at least 4 members (excludes halogenated alkanes) is 12. The fourth-order valence-electron chi connectivity index (χ4n) is 3.45. The molecular formula is C22H36O4. The predicted molar refractivity (Wildman–Crippen MR) is 106 cm³/mol. The van der Waals surface area contributed by atoms with Crippen LogP contribution in [0.4, 0.5) is 0 Å². The van der Waals surface area contributed by atoms with Crippen LogP contribution in [0.5, 0.6) is 11.5 Å². The summed E-state index contributed by atoms with van der Waals surface area (Å²) in [6.45, 7) is 2.25. The summed E-state index contributed by atoms with van der Waals surface area (Å²) in [6.07, 6.45) is 17.0. The Kier molecular flexibility index (Phi) is 11.6. The lowest BCUT2D eigenvalue weighted by Gasteiger charge is -2.09. The number of aryl methyl sites for hydroxylation is 1. The SMILES string of the molecule is CCCCCCCCCCCCCCCc1cc(O)cc(O)c1C(=O)O. The lowest BCUT2D eigenvalue weighted by Crippen LogP contribution is -2.03. The van der Waals surface area contributed by atoms with E-state index in [-0.39, 0.29) is 17.1 Å². The number of carboxylic acid groups (broad SMARTS) is 1. The zero-order valence-corrected chi connectivity index (χ0v) is 16.3. The molecule has 0 saturated heterocycles. The van der Waals surface area contributed by atoms with Crippen molar-refractivity contribution in [1.29, 1.82) is 0 Å². The summed E-state index contributed by atoms with van der Waals surface area (Å²) in [6, 6.07) is 2.53. The summed E-state index contributed by atoms with van der Waals surface area (Å²) in [5.74, 6) is -1.59. The second kappa shape index (κ2) is 13.5. The maximum absolute atomic E-state index is 11.2. The average Bonchev–Trinajstić information content (AvgIpc) is 2.58. The van der Waals surface area contributed by atoms with Crippen LogP contribution in [0.3, 0.4) is 0 Å². The van der Waals surface area contributed by atoms with Crippen molar-refractivity contribution >= 4 is 5.97 Å². The van der Waals surface area contributed by atoms with Gasteiger partial charge in [0.2, 0.25) is 0 Å². The van der Waals surface area contributed by atoms with Crippen LogP contribution in [-0.4, -0.2) is 21.3 Å². The molecule has 4 heteroatoms. The van der Waals surface area contributed by atoms with Gasteiger partial charge in [0.15, 0.2) is 0 Å². The van der Waals surface area contributed by atoms with Crippen LogP contribution in [0.15, 0.2) is 12.1 Å². The van der Waals surface area contributed by atoms with E-state index in [4.69, 9.17) is 0 Å². The lowest BCUT2D eigenvalue weighted by atomic mass is 9.99. The van der Waals surface area contributed by atoms with E-state index in [0.29, 0.717) is 12.0 Å². The summed E-state index contributed by atoms with van der Waals surface area (Å²) in [5.41, 5.74) is 0.430. The van der Waals surface area contributed by atoms with Crippen LogP contribution < -0.4 is 0 Å². The van der Waals surface area contributed by atoms with Crippen LogP contribution in [0.25, 0.3) is 0 Å². The first-order valence-electron chi connectivity index (χ1n) is 10.3. The number of aromatic hydroxyl groups is 2. The molecule has 148 valence electrons. The highest BCUT2D eigenvalue weighted by Crippen LogP contribution is 2.28. The molecule has 0 aliphatic carbocycles. The second-order valence-electron chi connectivity index (χ2n) is 7.30. The summed E-state index contributed by atoms with van der Waals surface area (Å²) in [5, 5.41) is 28.5. The molecule has 26 heavy (non-hydrogen) atoms. The van der Waals surface area contributed by atoms with Crippen LogP contribution >= 0.6 is 0 Å². The van der Waals surface area contributed by atoms with Gasteiger partial charge < -0.3 is 15.3 Å². The Morgan fingerprint density at radius 3 is 1.69 bits per heavy atom. The molecule has 0 amide bonds. The number of phenolic OH excluding ortho intramolecular Hbond substituents is 1. The number of carbonyl (C=O) groups is 1. The first-order valence-corrected chi connectivity index (χ1v) is 10.3. The maximum atomic E-state index is 11.2. The van der Waals surface area contributed by atoms with E-state index in [9.17, 15) is 20.1 Å². The van der Waals surface area contributed by atoms with Crippen LogP contribution in [0.2, 0.25) is 0 Å². The third-order valence-electron chi connectivity index (χ3n) is 4.95. The summed E-state index contributed by atoms with van der Waals surface area (Å²) in [4.78, 5) is 11.2. The number of benzene rings is 1. The minimum absolute atomic E-state index is 0.0817. The number of hydrogen-bond acceptors (Lipinski definition) is 3. The molecule has 0 fully saturated rings. The summed E-state index contributed by atoms with van der Waals surface area (Å²) < 4.78 is 0. The second-order valence-corrected chi connectivity index (χ2v) is 7.30. The molecule has 0 atom stereocenters. The van der Waals surface area contributed by atoms with Gasteiger partial charge in [0.1, 0.15) is 17.1 Å². The Bertz CT molecular complexity index is 525. The van der Waals surface area contributed by atoms with Crippen molar-refractivity contribution in [3.8, 4) is 11.5 Å². The van der Waals surface area contributed by atoms with Gasteiger partial charge in [-0.2, -0.15) is 0 Å². The molecule has 1 aromatic rings. The van der Waals surface area contributed by atoms with Crippen molar-refractivity contribution < 1.29 is 20.1 Å². The maximum Gasteiger partial charge on any atom is 0.339 e. The van der Waals surface area contributed by atoms with Crippen LogP contribution in [-0.2, 0) is 6.42 Å². The molecule has 0 aromatic heterocycles. The Balaban J connectivity index is 2.09. The lowest BCUT2D eigenvalue weighted by molar-refractivity contribution is 0.0692. The third kappa shape index (κ3) is 9.12. The van der Waals surface area contributed by atoms with Gasteiger partial charge in [0.05, 0.1) is 0 Å². The number of aromatic carboxylic acids is 1. The molecule has 1 rings (SSSR count). The minimum Gasteiger partial charge on any atom is -0.508 e. The smallest absolute Gasteiger partial charge is 0.339 e. The van der Waals surface area contributed by atoms with Gasteiger partial charge in [0.25, 0.3) is 0 Å². The number of hydrogen-bond donors (Lipinski definition) is 3. The van der Waals surface area contributed by atoms with Gasteiger partial charge in [0, 0.05) is 6.07 Å². The Morgan fingerprint density at radius 1 is 0.769 bits per heavy atom. The van der Waals surface area contributed by atoms with E-state index in [1.54, 1.807) is 0 Å². The molecule has 4 nitrogen and oxygen atoms in total. The highest BCUT2D eigenvalue weighted by Gasteiger charge is 2.16. The fraction of sp³-hybridized carbons (Fsp3) is 0.682. The molecule has 0 spiro atoms. The van der Waals surface area contributed by atoms with Crippen molar-refractivity contribution in [2.45, 2.75) is 96.8 Å². The Hall–Kier alpha value is -1.71. The molecule has 0 bridgehead atoms. The van der Waals surface area contributed by atoms with Gasteiger partial charge in [-0.15, -0.1) is 0 Å². The minimum atomic E-state index is -1.15. The molecule has 0 heterocycles. The highest BCUT2D eigenvalue weighted by atomic mass is 16.4. The topological polar surface area (TPSA) is 77.8 Å². The average molecular weight is 365 g/mol. The molecule has 1 aromatic carbocycles. The van der Waals surface area contributed by atoms with Gasteiger partial charge in [-0.1, -0.05) is 84.0 Å². The van der Waals surface area contributed by atoms with Crippen molar-refractivity contribution in [2.24, 2.45) is 0 Å². The molecular weight excluding hydrogens is 328 g/mol. The Morgan fingerprint density at radius 2 is 1.23 bits per heavy atom. The molecule has 3 N–H and O–H groups in total. The normalized spacial score (nSPS) is 11.0. The molecule has 0 saturated carbocycles. The zero-order valence-electron chi connectivity index (χ0n) is 16.3. The van der Waals surface area contributed by atoms with E-state index in [1.807, 2.05) is 0 Å². The van der Waals surface area contributed by atoms with Gasteiger partial charge >= 0.3 is 5.97 Å². The first-order chi connectivity index (χ1) is 12.6. The summed E-state index contributed by atoms with van der Waals surface area (Å²) in [7, 11) is 0. The van der Waals surface area contributed by atoms with Crippen molar-refractivity contribution in [3.05, 3.63) is 23.3 Å². The number of carboxylic acids is 1. The van der Waals surface area contributed by atoms with Gasteiger partial charge in [-0.3, -0.25) is 0 Å². The highest BCUT2D eigenvalue weighted by molar-refractivity contribution is 5.92. The van der Waals surface area contributed by atoms with E-state index in [1.165, 1.54) is 70.3 Å².